The molecule has 0 saturated heterocycles. The molecule has 0 aliphatic carbocycles. The monoisotopic (exact) mass is 324 g/mol. The van der Waals surface area contributed by atoms with Crippen LogP contribution in [0.15, 0.2) is 42.5 Å². The maximum atomic E-state index is 5.71. The maximum absolute atomic E-state index is 5.71. The Kier molecular flexibility index (Phi) is 3.33. The van der Waals surface area contributed by atoms with Crippen LogP contribution in [0.2, 0.25) is 0 Å². The number of nitrogens with two attached hydrogens (primary N) is 1. The van der Waals surface area contributed by atoms with Gasteiger partial charge in [0.05, 0.1) is 0 Å². The van der Waals surface area contributed by atoms with Crippen LogP contribution in [0.5, 0.6) is 0 Å². The van der Waals surface area contributed by atoms with E-state index in [0.29, 0.717) is 0 Å². The first-order chi connectivity index (χ1) is 7.65. The van der Waals surface area contributed by atoms with Crippen molar-refractivity contribution in [3.8, 4) is 0 Å². The van der Waals surface area contributed by atoms with Crippen LogP contribution in [0.25, 0.3) is 0 Å². The lowest BCUT2D eigenvalue weighted by molar-refractivity contribution is 1.43. The average Bonchev–Trinajstić information content (AvgIpc) is 2.25. The van der Waals surface area contributed by atoms with E-state index in [2.05, 4.69) is 52.2 Å². The van der Waals surface area contributed by atoms with Gasteiger partial charge < -0.3 is 11.1 Å². The summed E-state index contributed by atoms with van der Waals surface area (Å²) >= 11 is 2.29. The number of anilines is 3. The molecule has 0 amide bonds. The molecule has 0 bridgehead atoms. The molecular formula is C13H13IN2. The van der Waals surface area contributed by atoms with Crippen molar-refractivity contribution in [1.29, 1.82) is 0 Å². The van der Waals surface area contributed by atoms with Crippen molar-refractivity contribution in [2.45, 2.75) is 6.92 Å². The Morgan fingerprint density at radius 2 is 1.75 bits per heavy atom. The fraction of sp³-hybridized carbons (Fsp3) is 0.0769. The van der Waals surface area contributed by atoms with Gasteiger partial charge in [-0.2, -0.15) is 0 Å². The summed E-state index contributed by atoms with van der Waals surface area (Å²) < 4.78 is 1.23. The van der Waals surface area contributed by atoms with Gasteiger partial charge in [-0.3, -0.25) is 0 Å². The highest BCUT2D eigenvalue weighted by Crippen LogP contribution is 2.22. The first-order valence-corrected chi connectivity index (χ1v) is 6.12. The molecular weight excluding hydrogens is 311 g/mol. The minimum Gasteiger partial charge on any atom is -0.399 e. The third-order valence-corrected chi connectivity index (χ3v) is 3.09. The van der Waals surface area contributed by atoms with E-state index >= 15 is 0 Å². The largest absolute Gasteiger partial charge is 0.399 e. The van der Waals surface area contributed by atoms with E-state index in [0.717, 1.165) is 22.6 Å². The Morgan fingerprint density at radius 3 is 2.38 bits per heavy atom. The van der Waals surface area contributed by atoms with Crippen molar-refractivity contribution in [2.24, 2.45) is 0 Å². The van der Waals surface area contributed by atoms with Crippen LogP contribution in [-0.4, -0.2) is 0 Å². The second kappa shape index (κ2) is 4.74. The highest BCUT2D eigenvalue weighted by molar-refractivity contribution is 14.1. The molecule has 0 saturated carbocycles. The molecule has 0 aliphatic rings. The molecule has 3 N–H and O–H groups in total. The van der Waals surface area contributed by atoms with E-state index in [-0.39, 0.29) is 0 Å². The Labute approximate surface area is 109 Å². The first-order valence-electron chi connectivity index (χ1n) is 5.04. The van der Waals surface area contributed by atoms with Crippen LogP contribution < -0.4 is 11.1 Å². The van der Waals surface area contributed by atoms with Crippen LogP contribution >= 0.6 is 22.6 Å². The molecule has 16 heavy (non-hydrogen) atoms. The molecule has 3 heteroatoms. The zero-order valence-corrected chi connectivity index (χ0v) is 11.2. The van der Waals surface area contributed by atoms with Gasteiger partial charge in [0.1, 0.15) is 0 Å². The number of benzene rings is 2. The predicted molar refractivity (Wildman–Crippen MR) is 78.0 cm³/mol. The van der Waals surface area contributed by atoms with Gasteiger partial charge in [-0.1, -0.05) is 0 Å². The average molecular weight is 324 g/mol. The van der Waals surface area contributed by atoms with Crippen molar-refractivity contribution in [3.63, 3.8) is 0 Å². The van der Waals surface area contributed by atoms with E-state index < -0.39 is 0 Å². The molecule has 2 nitrogen and oxygen atoms in total. The van der Waals surface area contributed by atoms with Crippen molar-refractivity contribution in [2.75, 3.05) is 11.1 Å². The number of hydrogen-bond donors (Lipinski definition) is 2. The van der Waals surface area contributed by atoms with Gasteiger partial charge in [-0.25, -0.2) is 0 Å². The van der Waals surface area contributed by atoms with Gasteiger partial charge in [0.15, 0.2) is 0 Å². The van der Waals surface area contributed by atoms with Crippen molar-refractivity contribution in [1.82, 2.24) is 0 Å². The second-order valence-corrected chi connectivity index (χ2v) is 4.95. The zero-order chi connectivity index (χ0) is 11.5. The summed E-state index contributed by atoms with van der Waals surface area (Å²) in [5, 5.41) is 3.37. The Morgan fingerprint density at radius 1 is 1.06 bits per heavy atom. The topological polar surface area (TPSA) is 38.0 Å². The lowest BCUT2D eigenvalue weighted by Crippen LogP contribution is -1.94. The molecule has 0 fully saturated rings. The zero-order valence-electron chi connectivity index (χ0n) is 9.00. The van der Waals surface area contributed by atoms with Gasteiger partial charge in [-0.05, 0) is 77.5 Å². The van der Waals surface area contributed by atoms with E-state index in [9.17, 15) is 0 Å². The molecule has 0 aromatic heterocycles. The van der Waals surface area contributed by atoms with Gasteiger partial charge in [0.25, 0.3) is 0 Å². The van der Waals surface area contributed by atoms with Crippen LogP contribution in [-0.2, 0) is 0 Å². The number of halogens is 1. The van der Waals surface area contributed by atoms with Crippen LogP contribution in [0.1, 0.15) is 5.56 Å². The first kappa shape index (κ1) is 11.3. The smallest absolute Gasteiger partial charge is 0.0415 e. The van der Waals surface area contributed by atoms with E-state index in [4.69, 9.17) is 5.73 Å². The molecule has 0 unspecified atom stereocenters. The Bertz CT molecular complexity index is 492. The molecule has 0 aliphatic heterocycles. The van der Waals surface area contributed by atoms with Crippen LogP contribution in [0, 0.1) is 10.5 Å². The standard InChI is InChI=1S/C13H13IN2/c1-9-8-11(15)4-7-13(9)16-12-5-2-10(14)3-6-12/h2-8,16H,15H2,1H3. The second-order valence-electron chi connectivity index (χ2n) is 3.71. The van der Waals surface area contributed by atoms with Crippen molar-refractivity contribution in [3.05, 3.63) is 51.6 Å². The van der Waals surface area contributed by atoms with Gasteiger partial charge in [0.2, 0.25) is 0 Å². The van der Waals surface area contributed by atoms with Gasteiger partial charge in [0, 0.05) is 20.6 Å². The predicted octanol–water partition coefficient (Wildman–Crippen LogP) is 3.93. The fourth-order valence-electron chi connectivity index (χ4n) is 1.52. The van der Waals surface area contributed by atoms with Crippen molar-refractivity contribution < 1.29 is 0 Å². The maximum Gasteiger partial charge on any atom is 0.0415 e. The number of hydrogen-bond acceptors (Lipinski definition) is 2. The number of aryl methyl sites for hydroxylation is 1. The summed E-state index contributed by atoms with van der Waals surface area (Å²) in [5.41, 5.74) is 9.84. The fourth-order valence-corrected chi connectivity index (χ4v) is 1.88. The van der Waals surface area contributed by atoms with E-state index in [1.165, 1.54) is 3.57 Å². The van der Waals surface area contributed by atoms with E-state index in [1.807, 2.05) is 25.1 Å². The normalized spacial score (nSPS) is 10.1. The number of rotatable bonds is 2. The van der Waals surface area contributed by atoms with Crippen LogP contribution in [0.4, 0.5) is 17.1 Å². The minimum atomic E-state index is 0.797. The quantitative estimate of drug-likeness (QED) is 0.649. The molecule has 2 aromatic rings. The summed E-state index contributed by atoms with van der Waals surface area (Å²) in [6.45, 7) is 2.05. The Balaban J connectivity index is 2.23. The lowest BCUT2D eigenvalue weighted by Gasteiger charge is -2.10. The SMILES string of the molecule is Cc1cc(N)ccc1Nc1ccc(I)cc1. The minimum absolute atomic E-state index is 0.797. The summed E-state index contributed by atoms with van der Waals surface area (Å²) in [7, 11) is 0. The molecule has 2 rings (SSSR count). The third-order valence-electron chi connectivity index (χ3n) is 2.37. The van der Waals surface area contributed by atoms with Crippen molar-refractivity contribution >= 4 is 39.7 Å². The number of nitrogens with one attached hydrogen (secondary N) is 1. The molecule has 0 spiro atoms. The molecule has 82 valence electrons. The molecule has 0 radical (unpaired) electrons. The highest BCUT2D eigenvalue weighted by atomic mass is 127. The molecule has 0 atom stereocenters. The van der Waals surface area contributed by atoms with Gasteiger partial charge in [-0.15, -0.1) is 0 Å². The summed E-state index contributed by atoms with van der Waals surface area (Å²) in [6, 6.07) is 14.2. The summed E-state index contributed by atoms with van der Waals surface area (Å²) in [4.78, 5) is 0. The molecule has 2 aromatic carbocycles. The summed E-state index contributed by atoms with van der Waals surface area (Å²) in [5.74, 6) is 0. The highest BCUT2D eigenvalue weighted by Gasteiger charge is 1.99. The van der Waals surface area contributed by atoms with E-state index in [1.54, 1.807) is 0 Å². The van der Waals surface area contributed by atoms with Crippen LogP contribution in [0.3, 0.4) is 0 Å². The molecule has 0 heterocycles. The summed E-state index contributed by atoms with van der Waals surface area (Å²) in [6.07, 6.45) is 0. The third kappa shape index (κ3) is 2.66. The number of nitrogen functional groups attached to an aromatic ring is 1. The lowest BCUT2D eigenvalue weighted by atomic mass is 10.1. The Hall–Kier alpha value is -1.23. The van der Waals surface area contributed by atoms with Gasteiger partial charge >= 0.3 is 0 Å².